The van der Waals surface area contributed by atoms with E-state index in [9.17, 15) is 0 Å². The van der Waals surface area contributed by atoms with Crippen LogP contribution in [0.25, 0.3) is 0 Å². The molecule has 0 nitrogen and oxygen atoms in total. The van der Waals surface area contributed by atoms with Gasteiger partial charge in [0.1, 0.15) is 0 Å². The molecule has 1 heteroatoms. The fourth-order valence-corrected chi connectivity index (χ4v) is 2.06. The average Bonchev–Trinajstić information content (AvgIpc) is 2.09. The van der Waals surface area contributed by atoms with E-state index in [4.69, 9.17) is 12.6 Å². The summed E-state index contributed by atoms with van der Waals surface area (Å²) in [6.45, 7) is 8.58. The molecule has 1 fully saturated rings. The lowest BCUT2D eigenvalue weighted by Gasteiger charge is -2.36. The molecule has 1 saturated carbocycles. The van der Waals surface area contributed by atoms with Crippen LogP contribution in [0.3, 0.4) is 0 Å². The molecule has 1 aliphatic rings. The zero-order valence-electron chi connectivity index (χ0n) is 9.06. The molecule has 0 atom stereocenters. The average molecular weight is 188 g/mol. The molecule has 74 valence electrons. The van der Waals surface area contributed by atoms with Gasteiger partial charge in [-0.05, 0) is 18.8 Å². The standard InChI is InChI=1S/C9H18S.C2H6/c1-8(2)9(10)6-4-3-5-7-9;1-2/h8,10H,3-7H2,1-2H3;1-2H3. The molecule has 0 amide bonds. The summed E-state index contributed by atoms with van der Waals surface area (Å²) in [6.07, 6.45) is 6.86. The maximum atomic E-state index is 4.74. The van der Waals surface area contributed by atoms with Gasteiger partial charge in [-0.2, -0.15) is 12.6 Å². The second-order valence-corrected chi connectivity index (χ2v) is 4.71. The maximum Gasteiger partial charge on any atom is 0.0152 e. The molecule has 0 heterocycles. The minimum Gasteiger partial charge on any atom is -0.172 e. The zero-order valence-corrected chi connectivity index (χ0v) is 9.95. The Morgan fingerprint density at radius 2 is 1.42 bits per heavy atom. The normalized spacial score (nSPS) is 21.5. The molecule has 1 aliphatic carbocycles. The van der Waals surface area contributed by atoms with Gasteiger partial charge in [-0.1, -0.05) is 47.0 Å². The van der Waals surface area contributed by atoms with Gasteiger partial charge >= 0.3 is 0 Å². The molecule has 0 spiro atoms. The SMILES string of the molecule is CC.CC(C)C1(S)CCCCC1. The van der Waals surface area contributed by atoms with Crippen LogP contribution in [0.2, 0.25) is 0 Å². The molecule has 0 aliphatic heterocycles. The molecule has 1 rings (SSSR count). The molecule has 0 bridgehead atoms. The third-order valence-corrected chi connectivity index (χ3v) is 3.76. The summed E-state index contributed by atoms with van der Waals surface area (Å²) in [5, 5.41) is 0. The van der Waals surface area contributed by atoms with Crippen molar-refractivity contribution in [1.29, 1.82) is 0 Å². The second-order valence-electron chi connectivity index (χ2n) is 3.82. The Bertz CT molecular complexity index is 102. The highest BCUT2D eigenvalue weighted by atomic mass is 32.1. The van der Waals surface area contributed by atoms with Crippen LogP contribution < -0.4 is 0 Å². The van der Waals surface area contributed by atoms with Crippen LogP contribution in [0.4, 0.5) is 0 Å². The van der Waals surface area contributed by atoms with Crippen LogP contribution in [0, 0.1) is 5.92 Å². The van der Waals surface area contributed by atoms with E-state index >= 15 is 0 Å². The van der Waals surface area contributed by atoms with Crippen LogP contribution >= 0.6 is 12.6 Å². The van der Waals surface area contributed by atoms with E-state index in [1.54, 1.807) is 0 Å². The van der Waals surface area contributed by atoms with E-state index in [1.807, 2.05) is 13.8 Å². The lowest BCUT2D eigenvalue weighted by atomic mass is 9.81. The Kier molecular flexibility index (Phi) is 6.08. The third-order valence-electron chi connectivity index (χ3n) is 2.79. The summed E-state index contributed by atoms with van der Waals surface area (Å²) in [4.78, 5) is 0. The molecule has 0 aromatic rings. The van der Waals surface area contributed by atoms with Crippen LogP contribution in [0.5, 0.6) is 0 Å². The van der Waals surface area contributed by atoms with Crippen molar-refractivity contribution < 1.29 is 0 Å². The van der Waals surface area contributed by atoms with Crippen molar-refractivity contribution in [3.8, 4) is 0 Å². The molecule has 0 N–H and O–H groups in total. The highest BCUT2D eigenvalue weighted by Gasteiger charge is 2.30. The van der Waals surface area contributed by atoms with Gasteiger partial charge in [0.05, 0.1) is 0 Å². The predicted molar refractivity (Wildman–Crippen MR) is 61.0 cm³/mol. The van der Waals surface area contributed by atoms with Crippen LogP contribution in [0.1, 0.15) is 59.8 Å². The van der Waals surface area contributed by atoms with E-state index in [0.717, 1.165) is 5.92 Å². The first-order valence-electron chi connectivity index (χ1n) is 5.37. The smallest absolute Gasteiger partial charge is 0.0152 e. The topological polar surface area (TPSA) is 0 Å². The monoisotopic (exact) mass is 188 g/mol. The Hall–Kier alpha value is 0.350. The molecule has 0 aromatic heterocycles. The minimum atomic E-state index is 0.373. The zero-order chi connectivity index (χ0) is 9.61. The minimum absolute atomic E-state index is 0.373. The Balaban J connectivity index is 0.000000561. The molecular weight excluding hydrogens is 164 g/mol. The quantitative estimate of drug-likeness (QED) is 0.583. The van der Waals surface area contributed by atoms with Gasteiger partial charge in [-0.3, -0.25) is 0 Å². The van der Waals surface area contributed by atoms with Gasteiger partial charge in [-0.25, -0.2) is 0 Å². The van der Waals surface area contributed by atoms with Gasteiger partial charge in [-0.15, -0.1) is 0 Å². The molecule has 12 heavy (non-hydrogen) atoms. The number of thiol groups is 1. The maximum absolute atomic E-state index is 4.74. The van der Waals surface area contributed by atoms with Gasteiger partial charge in [0, 0.05) is 4.75 Å². The number of hydrogen-bond donors (Lipinski definition) is 1. The van der Waals surface area contributed by atoms with Crippen LogP contribution in [0.15, 0.2) is 0 Å². The summed E-state index contributed by atoms with van der Waals surface area (Å²) in [5.41, 5.74) is 0. The summed E-state index contributed by atoms with van der Waals surface area (Å²) < 4.78 is 0.373. The van der Waals surface area contributed by atoms with E-state index in [0.29, 0.717) is 4.75 Å². The fourth-order valence-electron chi connectivity index (χ4n) is 1.74. The fraction of sp³-hybridized carbons (Fsp3) is 1.00. The van der Waals surface area contributed by atoms with Crippen molar-refractivity contribution in [2.75, 3.05) is 0 Å². The van der Waals surface area contributed by atoms with Crippen LogP contribution in [-0.2, 0) is 0 Å². The first-order chi connectivity index (χ1) is 5.65. The number of rotatable bonds is 1. The summed E-state index contributed by atoms with van der Waals surface area (Å²) in [5.74, 6) is 0.746. The molecular formula is C11H24S. The third kappa shape index (κ3) is 3.38. The largest absolute Gasteiger partial charge is 0.172 e. The second kappa shape index (κ2) is 5.90. The molecule has 0 radical (unpaired) electrons. The van der Waals surface area contributed by atoms with Crippen molar-refractivity contribution in [3.63, 3.8) is 0 Å². The van der Waals surface area contributed by atoms with Crippen molar-refractivity contribution >= 4 is 12.6 Å². The van der Waals surface area contributed by atoms with E-state index in [-0.39, 0.29) is 0 Å². The van der Waals surface area contributed by atoms with Crippen molar-refractivity contribution in [2.24, 2.45) is 5.92 Å². The van der Waals surface area contributed by atoms with E-state index < -0.39 is 0 Å². The first kappa shape index (κ1) is 12.3. The van der Waals surface area contributed by atoms with Gasteiger partial charge in [0.15, 0.2) is 0 Å². The Morgan fingerprint density at radius 1 is 1.00 bits per heavy atom. The summed E-state index contributed by atoms with van der Waals surface area (Å²) >= 11 is 4.74. The van der Waals surface area contributed by atoms with Crippen molar-refractivity contribution in [1.82, 2.24) is 0 Å². The number of hydrogen-bond acceptors (Lipinski definition) is 1. The van der Waals surface area contributed by atoms with E-state index in [2.05, 4.69) is 13.8 Å². The molecule has 0 aromatic carbocycles. The lowest BCUT2D eigenvalue weighted by molar-refractivity contribution is 0.322. The van der Waals surface area contributed by atoms with Crippen LogP contribution in [-0.4, -0.2) is 4.75 Å². The van der Waals surface area contributed by atoms with Crippen molar-refractivity contribution in [3.05, 3.63) is 0 Å². The summed E-state index contributed by atoms with van der Waals surface area (Å²) in [7, 11) is 0. The predicted octanol–water partition coefficient (Wildman–Crippen LogP) is 4.30. The highest BCUT2D eigenvalue weighted by molar-refractivity contribution is 7.81. The van der Waals surface area contributed by atoms with E-state index in [1.165, 1.54) is 32.1 Å². The van der Waals surface area contributed by atoms with Gasteiger partial charge < -0.3 is 0 Å². The molecule has 0 saturated heterocycles. The summed E-state index contributed by atoms with van der Waals surface area (Å²) in [6, 6.07) is 0. The Labute approximate surface area is 83.5 Å². The molecule has 0 unspecified atom stereocenters. The van der Waals surface area contributed by atoms with Crippen molar-refractivity contribution in [2.45, 2.75) is 64.5 Å². The Morgan fingerprint density at radius 3 is 1.67 bits per heavy atom. The van der Waals surface area contributed by atoms with Gasteiger partial charge in [0.2, 0.25) is 0 Å². The van der Waals surface area contributed by atoms with Gasteiger partial charge in [0.25, 0.3) is 0 Å². The first-order valence-corrected chi connectivity index (χ1v) is 5.82. The highest BCUT2D eigenvalue weighted by Crippen LogP contribution is 2.39. The lowest BCUT2D eigenvalue weighted by Crippen LogP contribution is -2.30.